The molecular weight excluding hydrogens is 283 g/mol. The van der Waals surface area contributed by atoms with Crippen LogP contribution in [0.4, 0.5) is 4.39 Å². The molecule has 0 bridgehead atoms. The molecule has 0 heterocycles. The molecule has 1 aromatic rings. The number of aliphatic hydroxyl groups excluding tert-OH is 1. The van der Waals surface area contributed by atoms with E-state index in [1.807, 2.05) is 0 Å². The monoisotopic (exact) mass is 300 g/mol. The number of aliphatic hydroxyl groups is 1. The van der Waals surface area contributed by atoms with Crippen molar-refractivity contribution in [2.75, 3.05) is 0 Å². The number of rotatable bonds is 3. The van der Waals surface area contributed by atoms with Gasteiger partial charge in [0.25, 0.3) is 0 Å². The normalized spacial score (nSPS) is 20.5. The Labute approximate surface area is 110 Å². The Morgan fingerprint density at radius 1 is 1.41 bits per heavy atom. The molecule has 0 radical (unpaired) electrons. The van der Waals surface area contributed by atoms with Crippen LogP contribution in [-0.4, -0.2) is 11.2 Å². The zero-order valence-electron chi connectivity index (χ0n) is 10.0. The number of halogens is 2. The van der Waals surface area contributed by atoms with E-state index in [9.17, 15) is 9.50 Å². The van der Waals surface area contributed by atoms with Crippen LogP contribution in [0.1, 0.15) is 38.2 Å². The van der Waals surface area contributed by atoms with Crippen LogP contribution in [-0.2, 0) is 6.42 Å². The quantitative estimate of drug-likeness (QED) is 0.892. The molecule has 1 nitrogen and oxygen atoms in total. The van der Waals surface area contributed by atoms with Crippen LogP contribution in [0.2, 0.25) is 0 Å². The minimum absolute atomic E-state index is 0.0330. The molecule has 1 saturated carbocycles. The van der Waals surface area contributed by atoms with Gasteiger partial charge in [0.05, 0.1) is 6.10 Å². The average molecular weight is 301 g/mol. The van der Waals surface area contributed by atoms with E-state index in [1.54, 1.807) is 12.1 Å². The van der Waals surface area contributed by atoms with Gasteiger partial charge in [0.1, 0.15) is 5.82 Å². The first-order valence-corrected chi connectivity index (χ1v) is 6.92. The Morgan fingerprint density at radius 3 is 2.71 bits per heavy atom. The van der Waals surface area contributed by atoms with Crippen molar-refractivity contribution in [3.05, 3.63) is 34.1 Å². The highest BCUT2D eigenvalue weighted by molar-refractivity contribution is 9.10. The van der Waals surface area contributed by atoms with E-state index < -0.39 is 6.10 Å². The van der Waals surface area contributed by atoms with Gasteiger partial charge in [-0.2, -0.15) is 0 Å². The first kappa shape index (κ1) is 13.0. The third kappa shape index (κ3) is 2.89. The number of hydrogen-bond donors (Lipinski definition) is 1. The van der Waals surface area contributed by atoms with Crippen LogP contribution < -0.4 is 0 Å². The molecule has 3 heteroatoms. The van der Waals surface area contributed by atoms with Gasteiger partial charge >= 0.3 is 0 Å². The summed E-state index contributed by atoms with van der Waals surface area (Å²) in [5, 5.41) is 10.3. The van der Waals surface area contributed by atoms with Crippen molar-refractivity contribution >= 4 is 15.9 Å². The lowest BCUT2D eigenvalue weighted by Crippen LogP contribution is -2.31. The third-order valence-corrected chi connectivity index (χ3v) is 4.46. The predicted molar refractivity (Wildman–Crippen MR) is 70.4 cm³/mol. The molecule has 0 saturated heterocycles. The number of hydrogen-bond acceptors (Lipinski definition) is 1. The maximum Gasteiger partial charge on any atom is 0.126 e. The first-order valence-electron chi connectivity index (χ1n) is 6.13. The zero-order chi connectivity index (χ0) is 12.5. The number of benzene rings is 1. The largest absolute Gasteiger partial charge is 0.392 e. The van der Waals surface area contributed by atoms with Crippen LogP contribution in [0.5, 0.6) is 0 Å². The van der Waals surface area contributed by atoms with Gasteiger partial charge in [-0.1, -0.05) is 35.7 Å². The second kappa shape index (κ2) is 5.07. The molecule has 0 amide bonds. The minimum atomic E-state index is -0.450. The second-order valence-electron chi connectivity index (χ2n) is 5.32. The zero-order valence-corrected chi connectivity index (χ0v) is 11.6. The SMILES string of the molecule is CC1(C(O)Cc2cc(Br)ccc2F)CCCC1. The van der Waals surface area contributed by atoms with Gasteiger partial charge in [-0.25, -0.2) is 4.39 Å². The van der Waals surface area contributed by atoms with Gasteiger partial charge < -0.3 is 5.11 Å². The summed E-state index contributed by atoms with van der Waals surface area (Å²) >= 11 is 3.33. The van der Waals surface area contributed by atoms with E-state index in [0.717, 1.165) is 17.3 Å². The maximum atomic E-state index is 13.6. The van der Waals surface area contributed by atoms with Crippen molar-refractivity contribution in [3.63, 3.8) is 0 Å². The van der Waals surface area contributed by atoms with Crippen LogP contribution in [0.15, 0.2) is 22.7 Å². The van der Waals surface area contributed by atoms with Gasteiger partial charge in [-0.15, -0.1) is 0 Å². The second-order valence-corrected chi connectivity index (χ2v) is 6.23. The van der Waals surface area contributed by atoms with Crippen LogP contribution in [0, 0.1) is 11.2 Å². The van der Waals surface area contributed by atoms with Crippen LogP contribution >= 0.6 is 15.9 Å². The average Bonchev–Trinajstić information content (AvgIpc) is 2.72. The van der Waals surface area contributed by atoms with Gasteiger partial charge in [-0.3, -0.25) is 0 Å². The highest BCUT2D eigenvalue weighted by Gasteiger charge is 2.36. The van der Waals surface area contributed by atoms with Gasteiger partial charge in [0, 0.05) is 10.9 Å². The standard InChI is InChI=1S/C14H18BrFO/c1-14(6-2-3-7-14)13(17)9-10-8-11(15)4-5-12(10)16/h4-5,8,13,17H,2-3,6-7,9H2,1H3. The summed E-state index contributed by atoms with van der Waals surface area (Å²) in [6.07, 6.45) is 4.40. The Morgan fingerprint density at radius 2 is 2.06 bits per heavy atom. The molecular formula is C14H18BrFO. The van der Waals surface area contributed by atoms with Crippen LogP contribution in [0.25, 0.3) is 0 Å². The lowest BCUT2D eigenvalue weighted by atomic mass is 9.80. The molecule has 0 aromatic heterocycles. The first-order chi connectivity index (χ1) is 8.01. The van der Waals surface area contributed by atoms with Crippen molar-refractivity contribution < 1.29 is 9.50 Å². The molecule has 1 atom stereocenters. The van der Waals surface area contributed by atoms with E-state index >= 15 is 0 Å². The van der Waals surface area contributed by atoms with E-state index in [2.05, 4.69) is 22.9 Å². The molecule has 0 aliphatic heterocycles. The van der Waals surface area contributed by atoms with E-state index in [-0.39, 0.29) is 11.2 Å². The molecule has 1 aromatic carbocycles. The third-order valence-electron chi connectivity index (χ3n) is 3.97. The summed E-state index contributed by atoms with van der Waals surface area (Å²) in [6, 6.07) is 4.89. The summed E-state index contributed by atoms with van der Waals surface area (Å²) in [5.74, 6) is -0.228. The fourth-order valence-electron chi connectivity index (χ4n) is 2.67. The summed E-state index contributed by atoms with van der Waals surface area (Å²) < 4.78 is 14.5. The highest BCUT2D eigenvalue weighted by atomic mass is 79.9. The fourth-order valence-corrected chi connectivity index (χ4v) is 3.08. The molecule has 17 heavy (non-hydrogen) atoms. The summed E-state index contributed by atoms with van der Waals surface area (Å²) in [7, 11) is 0. The minimum Gasteiger partial charge on any atom is -0.392 e. The van der Waals surface area contributed by atoms with Crippen molar-refractivity contribution in [3.8, 4) is 0 Å². The molecule has 1 unspecified atom stereocenters. The van der Waals surface area contributed by atoms with Gasteiger partial charge in [0.15, 0.2) is 0 Å². The molecule has 2 rings (SSSR count). The topological polar surface area (TPSA) is 20.2 Å². The lowest BCUT2D eigenvalue weighted by Gasteiger charge is -2.30. The summed E-state index contributed by atoms with van der Waals surface area (Å²) in [6.45, 7) is 2.11. The Balaban J connectivity index is 2.12. The van der Waals surface area contributed by atoms with Crippen molar-refractivity contribution in [1.82, 2.24) is 0 Å². The van der Waals surface area contributed by atoms with Crippen molar-refractivity contribution in [2.45, 2.75) is 45.1 Å². The molecule has 1 fully saturated rings. The van der Waals surface area contributed by atoms with E-state index in [0.29, 0.717) is 12.0 Å². The maximum absolute atomic E-state index is 13.6. The van der Waals surface area contributed by atoms with Gasteiger partial charge in [0.2, 0.25) is 0 Å². The Kier molecular flexibility index (Phi) is 3.88. The smallest absolute Gasteiger partial charge is 0.126 e. The summed E-state index contributed by atoms with van der Waals surface area (Å²) in [4.78, 5) is 0. The van der Waals surface area contributed by atoms with Crippen LogP contribution in [0.3, 0.4) is 0 Å². The predicted octanol–water partition coefficient (Wildman–Crippen LogP) is 4.07. The fraction of sp³-hybridized carbons (Fsp3) is 0.571. The molecule has 1 aliphatic rings. The highest BCUT2D eigenvalue weighted by Crippen LogP contribution is 2.41. The van der Waals surface area contributed by atoms with E-state index in [4.69, 9.17) is 0 Å². The summed E-state index contributed by atoms with van der Waals surface area (Å²) in [5.41, 5.74) is 0.564. The molecule has 0 spiro atoms. The molecule has 94 valence electrons. The lowest BCUT2D eigenvalue weighted by molar-refractivity contribution is 0.0417. The van der Waals surface area contributed by atoms with Crippen molar-refractivity contribution in [2.24, 2.45) is 5.41 Å². The Bertz CT molecular complexity index is 399. The van der Waals surface area contributed by atoms with E-state index in [1.165, 1.54) is 18.9 Å². The molecule has 1 aliphatic carbocycles. The van der Waals surface area contributed by atoms with Crippen molar-refractivity contribution in [1.29, 1.82) is 0 Å². The molecule has 1 N–H and O–H groups in total. The Hall–Kier alpha value is -0.410. The van der Waals surface area contributed by atoms with Gasteiger partial charge in [-0.05, 0) is 42.0 Å².